The Morgan fingerprint density at radius 3 is 1.84 bits per heavy atom. The summed E-state index contributed by atoms with van der Waals surface area (Å²) in [7, 11) is 0. The third kappa shape index (κ3) is 19.2. The molecule has 1 saturated heterocycles. The van der Waals surface area contributed by atoms with Gasteiger partial charge < -0.3 is 58.9 Å². The summed E-state index contributed by atoms with van der Waals surface area (Å²) < 4.78 is 0. The molecule has 378 valence electrons. The fraction of sp³-hybridized carbons (Fsp3) is 0.532. The molecule has 13 N–H and O–H groups in total. The summed E-state index contributed by atoms with van der Waals surface area (Å²) in [4.78, 5) is 136. The number of carbonyl (C=O) groups excluding carboxylic acids is 9. The Morgan fingerprint density at radius 2 is 1.26 bits per heavy atom. The lowest BCUT2D eigenvalue weighted by atomic mass is 9.96. The van der Waals surface area contributed by atoms with E-state index in [9.17, 15) is 58.2 Å². The van der Waals surface area contributed by atoms with Crippen LogP contribution in [-0.4, -0.2) is 123 Å². The van der Waals surface area contributed by atoms with Crippen molar-refractivity contribution < 1.29 is 58.2 Å². The molecule has 0 aromatic heterocycles. The second-order valence-electron chi connectivity index (χ2n) is 18.1. The summed E-state index contributed by atoms with van der Waals surface area (Å²) in [5, 5.41) is 36.5. The second-order valence-corrected chi connectivity index (χ2v) is 19.1. The zero-order valence-electron chi connectivity index (χ0n) is 39.7. The number of hydrogen-bond acceptors (Lipinski definition) is 13. The molecule has 0 radical (unpaired) electrons. The van der Waals surface area contributed by atoms with Gasteiger partial charge in [0.25, 0.3) is 0 Å². The number of thioether (sulfide) groups is 1. The van der Waals surface area contributed by atoms with Crippen LogP contribution in [0, 0.1) is 17.8 Å². The SMILES string of the molecule is CC[C@H](C)[C@H](NC(=O)[C@@H](N)Cc1ccc(O)cc1)C(=O)N[C@@H](CC(N)=O)C(=O)N[C@H]1CSC(=O)[C@H](CC(C)C)NC(=O)[C@H](CC(C)C)NC(=O)[C@H](Cc2ccccc2)NC(=O)[C@H](CC(=O)O)NC1=O. The normalized spacial score (nSPS) is 21.3. The van der Waals surface area contributed by atoms with Crippen molar-refractivity contribution in [3.8, 4) is 5.75 Å². The number of hydrogen-bond donors (Lipinski definition) is 11. The molecule has 0 bridgehead atoms. The van der Waals surface area contributed by atoms with E-state index in [2.05, 4.69) is 37.2 Å². The van der Waals surface area contributed by atoms with Crippen molar-refractivity contribution in [3.63, 3.8) is 0 Å². The van der Waals surface area contributed by atoms with E-state index in [0.717, 1.165) is 0 Å². The van der Waals surface area contributed by atoms with Gasteiger partial charge in [-0.1, -0.05) is 102 Å². The van der Waals surface area contributed by atoms with E-state index in [1.165, 1.54) is 12.1 Å². The Hall–Kier alpha value is -6.55. The maximum absolute atomic E-state index is 14.2. The van der Waals surface area contributed by atoms with Crippen LogP contribution in [0.2, 0.25) is 0 Å². The quantitative estimate of drug-likeness (QED) is 0.0809. The molecule has 1 aliphatic rings. The van der Waals surface area contributed by atoms with Gasteiger partial charge in [0.2, 0.25) is 52.4 Å². The van der Waals surface area contributed by atoms with Crippen LogP contribution in [0.1, 0.15) is 84.8 Å². The molecule has 1 aliphatic heterocycles. The Labute approximate surface area is 405 Å². The molecule has 21 nitrogen and oxygen atoms in total. The van der Waals surface area contributed by atoms with Crippen LogP contribution in [0.3, 0.4) is 0 Å². The first-order valence-electron chi connectivity index (χ1n) is 22.8. The molecule has 0 saturated carbocycles. The number of phenolic OH excluding ortho intramolecular Hbond substituents is 1. The monoisotopic (exact) mass is 981 g/mol. The van der Waals surface area contributed by atoms with E-state index in [1.54, 1.807) is 56.3 Å². The molecule has 2 aromatic rings. The lowest BCUT2D eigenvalue weighted by molar-refractivity contribution is -0.141. The fourth-order valence-electron chi connectivity index (χ4n) is 7.25. The summed E-state index contributed by atoms with van der Waals surface area (Å²) in [6, 6.07) is 2.90. The lowest BCUT2D eigenvalue weighted by Crippen LogP contribution is -2.62. The zero-order chi connectivity index (χ0) is 51.5. The minimum atomic E-state index is -1.86. The first-order valence-corrected chi connectivity index (χ1v) is 23.8. The predicted molar refractivity (Wildman–Crippen MR) is 255 cm³/mol. The third-order valence-corrected chi connectivity index (χ3v) is 12.2. The number of carbonyl (C=O) groups is 10. The average molecular weight is 982 g/mol. The van der Waals surface area contributed by atoms with Gasteiger partial charge in [-0.15, -0.1) is 0 Å². The molecule has 9 atom stereocenters. The average Bonchev–Trinajstić information content (AvgIpc) is 3.27. The van der Waals surface area contributed by atoms with Gasteiger partial charge in [0.05, 0.1) is 24.9 Å². The van der Waals surface area contributed by atoms with Crippen molar-refractivity contribution >= 4 is 70.1 Å². The van der Waals surface area contributed by atoms with Crippen LogP contribution in [0.15, 0.2) is 54.6 Å². The number of amides is 8. The molecule has 0 aliphatic carbocycles. The van der Waals surface area contributed by atoms with Crippen LogP contribution >= 0.6 is 11.8 Å². The number of carboxylic acids is 1. The molecule has 0 unspecified atom stereocenters. The Kier molecular flexibility index (Phi) is 22.6. The molecular weight excluding hydrogens is 915 g/mol. The van der Waals surface area contributed by atoms with Gasteiger partial charge in [0.15, 0.2) is 0 Å². The first-order chi connectivity index (χ1) is 32.5. The number of rotatable bonds is 20. The topological polar surface area (TPSA) is 347 Å². The van der Waals surface area contributed by atoms with E-state index >= 15 is 0 Å². The van der Waals surface area contributed by atoms with E-state index < -0.39 is 131 Å². The summed E-state index contributed by atoms with van der Waals surface area (Å²) >= 11 is 0.529. The summed E-state index contributed by atoms with van der Waals surface area (Å²) in [6.45, 7) is 10.7. The van der Waals surface area contributed by atoms with Crippen molar-refractivity contribution in [3.05, 3.63) is 65.7 Å². The number of nitrogens with two attached hydrogens (primary N) is 2. The number of phenols is 1. The molecular formula is C47H67N9O12S. The maximum Gasteiger partial charge on any atom is 0.305 e. The number of aliphatic carboxylic acids is 1. The number of aromatic hydroxyl groups is 1. The van der Waals surface area contributed by atoms with Crippen molar-refractivity contribution in [1.29, 1.82) is 0 Å². The van der Waals surface area contributed by atoms with Gasteiger partial charge in [0.1, 0.15) is 42.0 Å². The number of nitrogens with one attached hydrogen (secondary N) is 7. The van der Waals surface area contributed by atoms with Gasteiger partial charge in [0, 0.05) is 12.2 Å². The molecule has 2 aromatic carbocycles. The maximum atomic E-state index is 14.2. The molecule has 0 spiro atoms. The van der Waals surface area contributed by atoms with Gasteiger partial charge in [-0.05, 0) is 60.3 Å². The number of carboxylic acid groups (broad SMARTS) is 1. The molecule has 1 fully saturated rings. The Morgan fingerprint density at radius 1 is 0.710 bits per heavy atom. The van der Waals surface area contributed by atoms with Crippen molar-refractivity contribution in [2.45, 2.75) is 135 Å². The molecule has 69 heavy (non-hydrogen) atoms. The largest absolute Gasteiger partial charge is 0.508 e. The smallest absolute Gasteiger partial charge is 0.305 e. The predicted octanol–water partition coefficient (Wildman–Crippen LogP) is -0.340. The van der Waals surface area contributed by atoms with Crippen LogP contribution in [-0.2, 0) is 60.8 Å². The minimum absolute atomic E-state index is 0.00956. The molecule has 1 heterocycles. The van der Waals surface area contributed by atoms with E-state index in [0.29, 0.717) is 29.3 Å². The van der Waals surface area contributed by atoms with Crippen LogP contribution in [0.4, 0.5) is 0 Å². The van der Waals surface area contributed by atoms with Crippen LogP contribution in [0.5, 0.6) is 5.75 Å². The van der Waals surface area contributed by atoms with Crippen molar-refractivity contribution in [1.82, 2.24) is 37.2 Å². The standard InChI is InChI=1S/C47H67N9O12S/c1-7-26(6)39(56-40(61)30(48)19-28-13-15-29(57)16-14-28)46(67)53-33(21-37(49)58)43(64)55-36-23-69-47(68)35(18-25(4)5)54-41(62)31(17-24(2)3)50-42(63)32(20-27-11-9-8-10-12-27)51-44(65)34(22-38(59)60)52-45(36)66/h8-16,24-26,30-36,39,57H,7,17-23,48H2,1-6H3,(H2,49,58)(H,50,63)(H,51,65)(H,52,66)(H,53,67)(H,54,62)(H,55,64)(H,56,61)(H,59,60)/t26-,30-,31-,32-,33-,34-,35-,36-,39-/m0/s1. The highest BCUT2D eigenvalue weighted by Crippen LogP contribution is 2.18. The summed E-state index contributed by atoms with van der Waals surface area (Å²) in [5.41, 5.74) is 12.9. The fourth-order valence-corrected chi connectivity index (χ4v) is 8.18. The van der Waals surface area contributed by atoms with Gasteiger partial charge in [-0.2, -0.15) is 0 Å². The second kappa shape index (κ2) is 27.4. The highest BCUT2D eigenvalue weighted by molar-refractivity contribution is 8.13. The highest BCUT2D eigenvalue weighted by Gasteiger charge is 2.37. The summed E-state index contributed by atoms with van der Waals surface area (Å²) in [6.07, 6.45) is -1.28. The molecule has 22 heteroatoms. The van der Waals surface area contributed by atoms with Crippen LogP contribution in [0.25, 0.3) is 0 Å². The van der Waals surface area contributed by atoms with E-state index in [1.807, 2.05) is 27.7 Å². The number of benzene rings is 2. The number of primary amides is 1. The van der Waals surface area contributed by atoms with E-state index in [4.69, 9.17) is 11.5 Å². The Bertz CT molecular complexity index is 2140. The lowest BCUT2D eigenvalue weighted by Gasteiger charge is -2.29. The van der Waals surface area contributed by atoms with Gasteiger partial charge >= 0.3 is 5.97 Å². The molecule has 8 amide bonds. The van der Waals surface area contributed by atoms with E-state index in [-0.39, 0.29) is 43.3 Å². The van der Waals surface area contributed by atoms with Gasteiger partial charge in [-0.25, -0.2) is 0 Å². The summed E-state index contributed by atoms with van der Waals surface area (Å²) in [5.74, 6) is -10.6. The van der Waals surface area contributed by atoms with Crippen molar-refractivity contribution in [2.24, 2.45) is 29.2 Å². The Balaban J connectivity index is 2.03. The molecule has 3 rings (SSSR count). The third-order valence-electron chi connectivity index (χ3n) is 11.2. The first kappa shape index (κ1) is 56.8. The zero-order valence-corrected chi connectivity index (χ0v) is 40.6. The van der Waals surface area contributed by atoms with Crippen molar-refractivity contribution in [2.75, 3.05) is 5.75 Å². The minimum Gasteiger partial charge on any atom is -0.508 e. The van der Waals surface area contributed by atoms with Crippen LogP contribution < -0.4 is 48.7 Å². The highest BCUT2D eigenvalue weighted by atomic mass is 32.2. The van der Waals surface area contributed by atoms with Gasteiger partial charge in [-0.3, -0.25) is 47.9 Å².